The zero-order valence-electron chi connectivity index (χ0n) is 9.72. The zero-order valence-corrected chi connectivity index (χ0v) is 9.72. The summed E-state index contributed by atoms with van der Waals surface area (Å²) in [5.74, 6) is 6.23. The number of hydrogen-bond donors (Lipinski definition) is 2. The van der Waals surface area contributed by atoms with E-state index in [9.17, 15) is 0 Å². The molecule has 0 spiro atoms. The number of nitrogens with two attached hydrogens (primary N) is 1. The Labute approximate surface area is 95.9 Å². The molecule has 1 aliphatic heterocycles. The Kier molecular flexibility index (Phi) is 3.93. The van der Waals surface area contributed by atoms with Crippen LogP contribution in [0.4, 0.5) is 0 Å². The number of hydrazine groups is 1. The van der Waals surface area contributed by atoms with Gasteiger partial charge in [0.25, 0.3) is 0 Å². The van der Waals surface area contributed by atoms with Crippen molar-refractivity contribution in [3.8, 4) is 0 Å². The fraction of sp³-hybridized carbons (Fsp3) is 0.727. The number of aryl methyl sites for hydroxylation is 1. The predicted molar refractivity (Wildman–Crippen MR) is 61.6 cm³/mol. The average Bonchev–Trinajstić information content (AvgIpc) is 2.73. The summed E-state index contributed by atoms with van der Waals surface area (Å²) >= 11 is 0. The lowest BCUT2D eigenvalue weighted by molar-refractivity contribution is 0.0536. The first kappa shape index (κ1) is 11.6. The third-order valence-corrected chi connectivity index (χ3v) is 3.25. The largest absolute Gasteiger partial charge is 0.381 e. The van der Waals surface area contributed by atoms with Gasteiger partial charge < -0.3 is 4.74 Å². The molecule has 0 saturated carbocycles. The second-order valence-corrected chi connectivity index (χ2v) is 4.41. The van der Waals surface area contributed by atoms with E-state index < -0.39 is 0 Å². The van der Waals surface area contributed by atoms with Crippen LogP contribution in [0.5, 0.6) is 0 Å². The van der Waals surface area contributed by atoms with Crippen molar-refractivity contribution in [2.45, 2.75) is 25.3 Å². The van der Waals surface area contributed by atoms with Crippen molar-refractivity contribution in [1.29, 1.82) is 0 Å². The molecule has 1 saturated heterocycles. The van der Waals surface area contributed by atoms with Crippen LogP contribution in [0.1, 0.15) is 18.5 Å². The van der Waals surface area contributed by atoms with Crippen LogP contribution < -0.4 is 11.3 Å². The van der Waals surface area contributed by atoms with Crippen molar-refractivity contribution < 1.29 is 4.74 Å². The summed E-state index contributed by atoms with van der Waals surface area (Å²) in [5.41, 5.74) is 4.02. The molecule has 0 radical (unpaired) electrons. The fourth-order valence-electron chi connectivity index (χ4n) is 2.28. The number of hydrogen-bond acceptors (Lipinski definition) is 4. The maximum atomic E-state index is 5.63. The van der Waals surface area contributed by atoms with Gasteiger partial charge in [0.2, 0.25) is 0 Å². The van der Waals surface area contributed by atoms with Crippen molar-refractivity contribution in [2.75, 3.05) is 13.2 Å². The molecular formula is C11H20N4O. The van der Waals surface area contributed by atoms with Crippen LogP contribution in [0.2, 0.25) is 0 Å². The van der Waals surface area contributed by atoms with Crippen LogP contribution in [0.25, 0.3) is 0 Å². The van der Waals surface area contributed by atoms with Gasteiger partial charge >= 0.3 is 0 Å². The molecule has 0 amide bonds. The van der Waals surface area contributed by atoms with E-state index in [1.165, 1.54) is 0 Å². The van der Waals surface area contributed by atoms with Gasteiger partial charge in [0.1, 0.15) is 0 Å². The van der Waals surface area contributed by atoms with Crippen LogP contribution in [0.15, 0.2) is 12.3 Å². The molecule has 5 nitrogen and oxygen atoms in total. The molecule has 2 rings (SSSR count). The van der Waals surface area contributed by atoms with Crippen molar-refractivity contribution in [1.82, 2.24) is 15.2 Å². The Morgan fingerprint density at radius 3 is 2.94 bits per heavy atom. The van der Waals surface area contributed by atoms with Crippen LogP contribution in [0.3, 0.4) is 0 Å². The lowest BCUT2D eigenvalue weighted by atomic mass is 9.89. The van der Waals surface area contributed by atoms with Gasteiger partial charge in [-0.3, -0.25) is 16.0 Å². The highest BCUT2D eigenvalue weighted by molar-refractivity contribution is 5.02. The van der Waals surface area contributed by atoms with E-state index in [0.717, 1.165) is 38.2 Å². The molecule has 1 aromatic heterocycles. The molecule has 1 fully saturated rings. The van der Waals surface area contributed by atoms with E-state index in [2.05, 4.69) is 10.5 Å². The summed E-state index contributed by atoms with van der Waals surface area (Å²) in [6, 6.07) is 2.35. The number of rotatable bonds is 4. The first-order valence-electron chi connectivity index (χ1n) is 5.82. The molecule has 1 atom stereocenters. The highest BCUT2D eigenvalue weighted by atomic mass is 16.5. The van der Waals surface area contributed by atoms with Gasteiger partial charge in [-0.15, -0.1) is 0 Å². The Balaban J connectivity index is 1.94. The molecule has 1 aromatic rings. The quantitative estimate of drug-likeness (QED) is 0.567. The molecule has 0 aromatic carbocycles. The Bertz CT molecular complexity index is 320. The molecule has 1 unspecified atom stereocenters. The second kappa shape index (κ2) is 5.43. The van der Waals surface area contributed by atoms with Crippen LogP contribution >= 0.6 is 0 Å². The standard InChI is InChI=1S/C11H20N4O/c1-15-5-2-10(14-15)8-11(13-12)9-3-6-16-7-4-9/h2,5,9,11,13H,3-4,6-8,12H2,1H3. The van der Waals surface area contributed by atoms with Gasteiger partial charge in [0, 0.05) is 38.9 Å². The summed E-state index contributed by atoms with van der Waals surface area (Å²) in [6.45, 7) is 1.70. The first-order chi connectivity index (χ1) is 7.79. The van der Waals surface area contributed by atoms with Crippen molar-refractivity contribution in [3.63, 3.8) is 0 Å². The Hall–Kier alpha value is -0.910. The Morgan fingerprint density at radius 2 is 2.38 bits per heavy atom. The van der Waals surface area contributed by atoms with E-state index in [0.29, 0.717) is 12.0 Å². The molecule has 2 heterocycles. The SMILES string of the molecule is Cn1ccc(CC(NN)C2CCOCC2)n1. The lowest BCUT2D eigenvalue weighted by Crippen LogP contribution is -2.44. The minimum Gasteiger partial charge on any atom is -0.381 e. The van der Waals surface area contributed by atoms with E-state index >= 15 is 0 Å². The molecule has 5 heteroatoms. The maximum absolute atomic E-state index is 5.63. The number of aromatic nitrogens is 2. The third-order valence-electron chi connectivity index (χ3n) is 3.25. The number of ether oxygens (including phenoxy) is 1. The van der Waals surface area contributed by atoms with Crippen molar-refractivity contribution in [3.05, 3.63) is 18.0 Å². The summed E-state index contributed by atoms with van der Waals surface area (Å²) in [4.78, 5) is 0. The molecule has 90 valence electrons. The van der Waals surface area contributed by atoms with E-state index in [1.807, 2.05) is 24.0 Å². The minimum atomic E-state index is 0.304. The lowest BCUT2D eigenvalue weighted by Gasteiger charge is -2.29. The van der Waals surface area contributed by atoms with E-state index in [4.69, 9.17) is 10.6 Å². The molecule has 16 heavy (non-hydrogen) atoms. The van der Waals surface area contributed by atoms with Gasteiger partial charge in [-0.2, -0.15) is 5.10 Å². The zero-order chi connectivity index (χ0) is 11.4. The van der Waals surface area contributed by atoms with Crippen LogP contribution in [-0.4, -0.2) is 29.0 Å². The van der Waals surface area contributed by atoms with E-state index in [-0.39, 0.29) is 0 Å². The van der Waals surface area contributed by atoms with Crippen molar-refractivity contribution in [2.24, 2.45) is 18.8 Å². The molecule has 1 aliphatic rings. The molecule has 0 aliphatic carbocycles. The summed E-state index contributed by atoms with van der Waals surface area (Å²) in [7, 11) is 1.93. The van der Waals surface area contributed by atoms with Gasteiger partial charge in [0.15, 0.2) is 0 Å². The number of nitrogens with zero attached hydrogens (tertiary/aromatic N) is 2. The van der Waals surface area contributed by atoms with Crippen LogP contribution in [-0.2, 0) is 18.2 Å². The molecular weight excluding hydrogens is 204 g/mol. The molecule has 3 N–H and O–H groups in total. The highest BCUT2D eigenvalue weighted by Crippen LogP contribution is 2.20. The summed E-state index contributed by atoms with van der Waals surface area (Å²) in [6.07, 6.45) is 5.03. The predicted octanol–water partition coefficient (Wildman–Crippen LogP) is 0.221. The van der Waals surface area contributed by atoms with E-state index in [1.54, 1.807) is 0 Å². The van der Waals surface area contributed by atoms with Crippen molar-refractivity contribution >= 4 is 0 Å². The van der Waals surface area contributed by atoms with Gasteiger partial charge in [0.05, 0.1) is 5.69 Å². The minimum absolute atomic E-state index is 0.304. The normalized spacial score (nSPS) is 19.9. The highest BCUT2D eigenvalue weighted by Gasteiger charge is 2.23. The first-order valence-corrected chi connectivity index (χ1v) is 5.82. The maximum Gasteiger partial charge on any atom is 0.0640 e. The topological polar surface area (TPSA) is 65.1 Å². The average molecular weight is 224 g/mol. The fourth-order valence-corrected chi connectivity index (χ4v) is 2.28. The Morgan fingerprint density at radius 1 is 1.62 bits per heavy atom. The summed E-state index contributed by atoms with van der Waals surface area (Å²) < 4.78 is 7.19. The molecule has 0 bridgehead atoms. The second-order valence-electron chi connectivity index (χ2n) is 4.41. The van der Waals surface area contributed by atoms with Gasteiger partial charge in [-0.1, -0.05) is 0 Å². The monoisotopic (exact) mass is 224 g/mol. The third kappa shape index (κ3) is 2.81. The number of nitrogens with one attached hydrogen (secondary N) is 1. The smallest absolute Gasteiger partial charge is 0.0640 e. The van der Waals surface area contributed by atoms with Gasteiger partial charge in [-0.25, -0.2) is 0 Å². The van der Waals surface area contributed by atoms with Gasteiger partial charge in [-0.05, 0) is 24.8 Å². The van der Waals surface area contributed by atoms with Crippen LogP contribution in [0, 0.1) is 5.92 Å². The summed E-state index contributed by atoms with van der Waals surface area (Å²) in [5, 5.41) is 4.38.